The fourth-order valence-electron chi connectivity index (χ4n) is 3.43. The van der Waals surface area contributed by atoms with E-state index in [-0.39, 0.29) is 5.69 Å². The van der Waals surface area contributed by atoms with Crippen LogP contribution in [0.3, 0.4) is 0 Å². The minimum Gasteiger partial charge on any atom is -0.419 e. The number of morpholine rings is 1. The van der Waals surface area contributed by atoms with Crippen LogP contribution in [-0.4, -0.2) is 48.8 Å². The molecule has 0 saturated carbocycles. The number of anilines is 1. The van der Waals surface area contributed by atoms with E-state index in [1.54, 1.807) is 0 Å². The van der Waals surface area contributed by atoms with Gasteiger partial charge < -0.3 is 14.5 Å². The fraction of sp³-hybridized carbons (Fsp3) is 0.333. The molecule has 0 radical (unpaired) electrons. The summed E-state index contributed by atoms with van der Waals surface area (Å²) in [7, 11) is 0. The third-order valence-corrected chi connectivity index (χ3v) is 4.98. The molecule has 27 heavy (non-hydrogen) atoms. The molecule has 1 aliphatic heterocycles. The van der Waals surface area contributed by atoms with Gasteiger partial charge in [0.1, 0.15) is 6.07 Å². The Kier molecular flexibility index (Phi) is 5.05. The van der Waals surface area contributed by atoms with Crippen molar-refractivity contribution in [1.29, 1.82) is 5.26 Å². The number of hydrogen-bond acceptors (Lipinski definition) is 6. The van der Waals surface area contributed by atoms with Crippen molar-refractivity contribution in [2.45, 2.75) is 13.0 Å². The molecule has 1 atom stereocenters. The lowest BCUT2D eigenvalue weighted by Gasteiger charge is -2.32. The van der Waals surface area contributed by atoms with Gasteiger partial charge in [0.2, 0.25) is 17.5 Å². The molecule has 0 spiro atoms. The highest BCUT2D eigenvalue weighted by atomic mass is 16.5. The van der Waals surface area contributed by atoms with Crippen LogP contribution < -0.4 is 5.32 Å². The van der Waals surface area contributed by atoms with E-state index in [0.29, 0.717) is 24.4 Å². The number of nitrogens with zero attached hydrogens (tertiary/aromatic N) is 3. The zero-order valence-electron chi connectivity index (χ0n) is 15.3. The Bertz CT molecular complexity index is 964. The van der Waals surface area contributed by atoms with Gasteiger partial charge in [0.15, 0.2) is 0 Å². The predicted octanol–water partition coefficient (Wildman–Crippen LogP) is 3.50. The first-order valence-electron chi connectivity index (χ1n) is 9.21. The van der Waals surface area contributed by atoms with Crippen LogP contribution in [0.15, 0.2) is 46.9 Å². The molecule has 2 heterocycles. The normalized spacial score (nSPS) is 16.1. The summed E-state index contributed by atoms with van der Waals surface area (Å²) >= 11 is 0. The Labute approximate surface area is 158 Å². The maximum absolute atomic E-state index is 9.47. The van der Waals surface area contributed by atoms with Gasteiger partial charge in [0, 0.05) is 31.2 Å². The van der Waals surface area contributed by atoms with E-state index in [4.69, 9.17) is 9.15 Å². The lowest BCUT2D eigenvalue weighted by Crippen LogP contribution is -2.45. The molecule has 0 bridgehead atoms. The first-order chi connectivity index (χ1) is 13.3. The summed E-state index contributed by atoms with van der Waals surface area (Å²) < 4.78 is 11.4. The zero-order chi connectivity index (χ0) is 18.6. The van der Waals surface area contributed by atoms with Gasteiger partial charge in [-0.05, 0) is 23.8 Å². The number of ether oxygens (including phenoxy) is 1. The monoisotopic (exact) mass is 362 g/mol. The molecule has 1 aromatic heterocycles. The highest BCUT2D eigenvalue weighted by Crippen LogP contribution is 2.31. The number of nitrogens with one attached hydrogen (secondary N) is 1. The Hall–Kier alpha value is -2.88. The van der Waals surface area contributed by atoms with Gasteiger partial charge in [-0.1, -0.05) is 36.4 Å². The van der Waals surface area contributed by atoms with Crippen LogP contribution in [0.2, 0.25) is 0 Å². The summed E-state index contributed by atoms with van der Waals surface area (Å²) in [6, 6.07) is 16.5. The molecule has 6 nitrogen and oxygen atoms in total. The fourth-order valence-corrected chi connectivity index (χ4v) is 3.43. The number of benzene rings is 2. The van der Waals surface area contributed by atoms with E-state index < -0.39 is 0 Å². The van der Waals surface area contributed by atoms with Crippen LogP contribution in [0.25, 0.3) is 22.2 Å². The van der Waals surface area contributed by atoms with E-state index in [9.17, 15) is 5.26 Å². The van der Waals surface area contributed by atoms with Gasteiger partial charge in [-0.3, -0.25) is 4.90 Å². The van der Waals surface area contributed by atoms with E-state index in [1.807, 2.05) is 30.3 Å². The largest absolute Gasteiger partial charge is 0.419 e. The van der Waals surface area contributed by atoms with E-state index in [0.717, 1.165) is 42.6 Å². The predicted molar refractivity (Wildman–Crippen MR) is 105 cm³/mol. The summed E-state index contributed by atoms with van der Waals surface area (Å²) in [5, 5.41) is 14.9. The molecular weight excluding hydrogens is 340 g/mol. The minimum atomic E-state index is 0.284. The van der Waals surface area contributed by atoms with E-state index in [1.165, 1.54) is 0 Å². The maximum atomic E-state index is 9.47. The topological polar surface area (TPSA) is 74.3 Å². The van der Waals surface area contributed by atoms with Crippen molar-refractivity contribution in [2.75, 3.05) is 38.2 Å². The molecule has 2 aromatic carbocycles. The van der Waals surface area contributed by atoms with E-state index >= 15 is 0 Å². The summed E-state index contributed by atoms with van der Waals surface area (Å²) in [6.45, 7) is 6.21. The van der Waals surface area contributed by atoms with Crippen molar-refractivity contribution in [3.63, 3.8) is 0 Å². The number of rotatable bonds is 5. The second-order valence-electron chi connectivity index (χ2n) is 6.71. The van der Waals surface area contributed by atoms with Crippen LogP contribution in [0, 0.1) is 11.3 Å². The van der Waals surface area contributed by atoms with Gasteiger partial charge in [-0.25, -0.2) is 0 Å². The molecule has 6 heteroatoms. The SMILES string of the molecule is C[C@@H](CNc1oc(-c2cccc3ccccc23)nc1C#N)N1CCOCC1. The van der Waals surface area contributed by atoms with Crippen molar-refractivity contribution in [3.05, 3.63) is 48.2 Å². The van der Waals surface area contributed by atoms with E-state index in [2.05, 4.69) is 40.3 Å². The van der Waals surface area contributed by atoms with Crippen molar-refractivity contribution < 1.29 is 9.15 Å². The standard InChI is InChI=1S/C21H22N4O2/c1-15(25-9-11-26-12-10-25)14-23-21-19(13-22)24-20(27-21)18-8-4-6-16-5-2-3-7-17(16)18/h2-8,15,23H,9-12,14H2,1H3/t15-/m0/s1. The molecule has 1 fully saturated rings. The van der Waals surface area contributed by atoms with Crippen molar-refractivity contribution in [2.24, 2.45) is 0 Å². The summed E-state index contributed by atoms with van der Waals surface area (Å²) in [4.78, 5) is 6.78. The summed E-state index contributed by atoms with van der Waals surface area (Å²) in [5.74, 6) is 0.894. The molecule has 3 aromatic rings. The average molecular weight is 362 g/mol. The number of hydrogen-bond donors (Lipinski definition) is 1. The molecule has 138 valence electrons. The number of fused-ring (bicyclic) bond motifs is 1. The van der Waals surface area contributed by atoms with Crippen LogP contribution >= 0.6 is 0 Å². The third kappa shape index (κ3) is 3.65. The molecule has 0 unspecified atom stereocenters. The highest BCUT2D eigenvalue weighted by molar-refractivity contribution is 5.94. The first-order valence-corrected chi connectivity index (χ1v) is 9.21. The van der Waals surface area contributed by atoms with Crippen LogP contribution in [-0.2, 0) is 4.74 Å². The molecule has 0 aliphatic carbocycles. The Morgan fingerprint density at radius 2 is 1.96 bits per heavy atom. The number of nitriles is 1. The van der Waals surface area contributed by atoms with Crippen molar-refractivity contribution in [3.8, 4) is 17.5 Å². The van der Waals surface area contributed by atoms with Gasteiger partial charge in [0.25, 0.3) is 0 Å². The quantitative estimate of drug-likeness (QED) is 0.749. The van der Waals surface area contributed by atoms with Crippen molar-refractivity contribution in [1.82, 2.24) is 9.88 Å². The molecule has 1 N–H and O–H groups in total. The number of oxazole rings is 1. The Morgan fingerprint density at radius 3 is 2.78 bits per heavy atom. The zero-order valence-corrected chi connectivity index (χ0v) is 15.3. The Balaban J connectivity index is 1.56. The minimum absolute atomic E-state index is 0.284. The second kappa shape index (κ2) is 7.78. The average Bonchev–Trinajstić information content (AvgIpc) is 3.15. The van der Waals surface area contributed by atoms with Gasteiger partial charge in [-0.2, -0.15) is 10.2 Å². The first kappa shape index (κ1) is 17.5. The van der Waals surface area contributed by atoms with Crippen LogP contribution in [0.5, 0.6) is 0 Å². The van der Waals surface area contributed by atoms with Crippen LogP contribution in [0.1, 0.15) is 12.6 Å². The van der Waals surface area contributed by atoms with Gasteiger partial charge >= 0.3 is 0 Å². The molecule has 1 aliphatic rings. The van der Waals surface area contributed by atoms with Crippen LogP contribution in [0.4, 0.5) is 5.88 Å². The van der Waals surface area contributed by atoms with Gasteiger partial charge in [0.05, 0.1) is 13.2 Å². The molecule has 0 amide bonds. The van der Waals surface area contributed by atoms with Gasteiger partial charge in [-0.15, -0.1) is 0 Å². The smallest absolute Gasteiger partial charge is 0.232 e. The Morgan fingerprint density at radius 1 is 1.19 bits per heavy atom. The second-order valence-corrected chi connectivity index (χ2v) is 6.71. The highest BCUT2D eigenvalue weighted by Gasteiger charge is 2.20. The third-order valence-electron chi connectivity index (χ3n) is 4.98. The molecular formula is C21H22N4O2. The maximum Gasteiger partial charge on any atom is 0.232 e. The molecule has 1 saturated heterocycles. The van der Waals surface area contributed by atoms with Crippen molar-refractivity contribution >= 4 is 16.7 Å². The molecule has 4 rings (SSSR count). The number of aromatic nitrogens is 1. The lowest BCUT2D eigenvalue weighted by molar-refractivity contribution is 0.0226. The summed E-state index contributed by atoms with van der Waals surface area (Å²) in [6.07, 6.45) is 0. The summed E-state index contributed by atoms with van der Waals surface area (Å²) in [5.41, 5.74) is 1.17. The lowest BCUT2D eigenvalue weighted by atomic mass is 10.0.